The Morgan fingerprint density at radius 2 is 1.95 bits per heavy atom. The average Bonchev–Trinajstić information content (AvgIpc) is 3.12. The monoisotopic (exact) mass is 281 g/mol. The van der Waals surface area contributed by atoms with Gasteiger partial charge in [0.1, 0.15) is 0 Å². The van der Waals surface area contributed by atoms with Gasteiger partial charge in [-0.15, -0.1) is 0 Å². The van der Waals surface area contributed by atoms with Crippen molar-refractivity contribution in [2.24, 2.45) is 10.9 Å². The Kier molecular flexibility index (Phi) is 5.66. The molecule has 2 aliphatic rings. The molecule has 5 heteroatoms. The molecule has 1 saturated carbocycles. The van der Waals surface area contributed by atoms with Crippen LogP contribution < -0.4 is 10.6 Å². The minimum Gasteiger partial charge on any atom is -0.357 e. The molecule has 116 valence electrons. The summed E-state index contributed by atoms with van der Waals surface area (Å²) in [6.45, 7) is 13.2. The summed E-state index contributed by atoms with van der Waals surface area (Å²) < 4.78 is 0. The third kappa shape index (κ3) is 4.63. The molecule has 0 aromatic carbocycles. The molecule has 0 radical (unpaired) electrons. The standard InChI is InChI=1S/C15H31N5/c1-5-16-15(18-14-10-12(14)2)17-11-13(3)20-8-6-19(4)7-9-20/h12-14H,5-11H2,1-4H3,(H2,16,17,18). The van der Waals surface area contributed by atoms with Crippen molar-refractivity contribution in [2.45, 2.75) is 39.3 Å². The van der Waals surface area contributed by atoms with Crippen LogP contribution in [-0.2, 0) is 0 Å². The fraction of sp³-hybridized carbons (Fsp3) is 0.933. The molecule has 2 fully saturated rings. The molecule has 0 aromatic rings. The van der Waals surface area contributed by atoms with E-state index < -0.39 is 0 Å². The Labute approximate surface area is 123 Å². The van der Waals surface area contributed by atoms with Crippen molar-refractivity contribution >= 4 is 5.96 Å². The molecular weight excluding hydrogens is 250 g/mol. The Morgan fingerprint density at radius 1 is 1.30 bits per heavy atom. The van der Waals surface area contributed by atoms with Crippen molar-refractivity contribution in [3.63, 3.8) is 0 Å². The topological polar surface area (TPSA) is 42.9 Å². The van der Waals surface area contributed by atoms with E-state index in [4.69, 9.17) is 4.99 Å². The molecule has 2 N–H and O–H groups in total. The predicted octanol–water partition coefficient (Wildman–Crippen LogP) is 0.586. The second-order valence-electron chi connectivity index (χ2n) is 6.37. The van der Waals surface area contributed by atoms with Gasteiger partial charge < -0.3 is 15.5 Å². The number of aliphatic imine (C=N–C) groups is 1. The number of guanidine groups is 1. The minimum absolute atomic E-state index is 0.524. The zero-order valence-corrected chi connectivity index (χ0v) is 13.5. The van der Waals surface area contributed by atoms with E-state index in [2.05, 4.69) is 48.3 Å². The molecule has 0 aromatic heterocycles. The van der Waals surface area contributed by atoms with Gasteiger partial charge in [-0.05, 0) is 33.2 Å². The lowest BCUT2D eigenvalue weighted by Gasteiger charge is -2.35. The van der Waals surface area contributed by atoms with E-state index >= 15 is 0 Å². The summed E-state index contributed by atoms with van der Waals surface area (Å²) >= 11 is 0. The molecule has 0 spiro atoms. The van der Waals surface area contributed by atoms with Crippen molar-refractivity contribution in [1.29, 1.82) is 0 Å². The summed E-state index contributed by atoms with van der Waals surface area (Å²) in [6.07, 6.45) is 1.28. The first-order chi connectivity index (χ1) is 9.60. The van der Waals surface area contributed by atoms with Crippen LogP contribution in [0.2, 0.25) is 0 Å². The maximum absolute atomic E-state index is 4.76. The van der Waals surface area contributed by atoms with Crippen molar-refractivity contribution in [3.8, 4) is 0 Å². The van der Waals surface area contributed by atoms with Crippen LogP contribution in [0.1, 0.15) is 27.2 Å². The SMILES string of the molecule is CCNC(=NCC(C)N1CCN(C)CC1)NC1CC1C. The molecule has 1 saturated heterocycles. The van der Waals surface area contributed by atoms with Crippen LogP contribution in [0, 0.1) is 5.92 Å². The molecule has 1 aliphatic carbocycles. The first-order valence-corrected chi connectivity index (χ1v) is 8.07. The lowest BCUT2D eigenvalue weighted by molar-refractivity contribution is 0.122. The molecule has 1 heterocycles. The van der Waals surface area contributed by atoms with E-state index in [1.165, 1.54) is 19.5 Å². The summed E-state index contributed by atoms with van der Waals surface area (Å²) in [5.41, 5.74) is 0. The number of hydrogen-bond donors (Lipinski definition) is 2. The fourth-order valence-corrected chi connectivity index (χ4v) is 2.62. The van der Waals surface area contributed by atoms with Crippen molar-refractivity contribution < 1.29 is 0 Å². The van der Waals surface area contributed by atoms with Crippen LogP contribution >= 0.6 is 0 Å². The largest absolute Gasteiger partial charge is 0.357 e. The smallest absolute Gasteiger partial charge is 0.191 e. The predicted molar refractivity (Wildman–Crippen MR) is 85.2 cm³/mol. The molecule has 3 unspecified atom stereocenters. The zero-order valence-electron chi connectivity index (χ0n) is 13.5. The van der Waals surface area contributed by atoms with Gasteiger partial charge in [0.15, 0.2) is 5.96 Å². The lowest BCUT2D eigenvalue weighted by Crippen LogP contribution is -2.49. The van der Waals surface area contributed by atoms with Crippen LogP contribution in [0.4, 0.5) is 0 Å². The number of piperazine rings is 1. The van der Waals surface area contributed by atoms with Gasteiger partial charge in [-0.1, -0.05) is 6.92 Å². The summed E-state index contributed by atoms with van der Waals surface area (Å²) in [7, 11) is 2.20. The maximum atomic E-state index is 4.76. The van der Waals surface area contributed by atoms with Gasteiger partial charge in [0.2, 0.25) is 0 Å². The highest BCUT2D eigenvalue weighted by molar-refractivity contribution is 5.80. The van der Waals surface area contributed by atoms with Gasteiger partial charge in [0.05, 0.1) is 6.54 Å². The average molecular weight is 281 g/mol. The van der Waals surface area contributed by atoms with Crippen molar-refractivity contribution in [3.05, 3.63) is 0 Å². The Hall–Kier alpha value is -0.810. The van der Waals surface area contributed by atoms with Gasteiger partial charge in [0.25, 0.3) is 0 Å². The Bertz CT molecular complexity index is 322. The molecular formula is C15H31N5. The minimum atomic E-state index is 0.524. The molecule has 5 nitrogen and oxygen atoms in total. The van der Waals surface area contributed by atoms with Crippen LogP contribution in [0.3, 0.4) is 0 Å². The number of nitrogens with zero attached hydrogens (tertiary/aromatic N) is 3. The van der Waals surface area contributed by atoms with Gasteiger partial charge >= 0.3 is 0 Å². The van der Waals surface area contributed by atoms with Crippen LogP contribution in [0.25, 0.3) is 0 Å². The van der Waals surface area contributed by atoms with E-state index in [9.17, 15) is 0 Å². The molecule has 3 atom stereocenters. The van der Waals surface area contributed by atoms with Crippen molar-refractivity contribution in [1.82, 2.24) is 20.4 Å². The van der Waals surface area contributed by atoms with Gasteiger partial charge in [0, 0.05) is 44.8 Å². The maximum Gasteiger partial charge on any atom is 0.191 e. The van der Waals surface area contributed by atoms with Crippen LogP contribution in [0.5, 0.6) is 0 Å². The van der Waals surface area contributed by atoms with Gasteiger partial charge in [-0.3, -0.25) is 9.89 Å². The number of nitrogens with one attached hydrogen (secondary N) is 2. The van der Waals surface area contributed by atoms with Crippen LogP contribution in [0.15, 0.2) is 4.99 Å². The highest BCUT2D eigenvalue weighted by Crippen LogP contribution is 2.28. The van der Waals surface area contributed by atoms with Gasteiger partial charge in [-0.2, -0.15) is 0 Å². The summed E-state index contributed by atoms with van der Waals surface area (Å²) in [6, 6.07) is 1.16. The quantitative estimate of drug-likeness (QED) is 0.572. The van der Waals surface area contributed by atoms with E-state index in [0.717, 1.165) is 38.1 Å². The number of likely N-dealkylation sites (N-methyl/N-ethyl adjacent to an activating group) is 1. The van der Waals surface area contributed by atoms with Crippen molar-refractivity contribution in [2.75, 3.05) is 46.3 Å². The molecule has 0 amide bonds. The second kappa shape index (κ2) is 7.27. The Balaban J connectivity index is 1.78. The normalized spacial score (nSPS) is 30.1. The van der Waals surface area contributed by atoms with E-state index in [0.29, 0.717) is 12.1 Å². The van der Waals surface area contributed by atoms with Crippen LogP contribution in [-0.4, -0.2) is 74.2 Å². The fourth-order valence-electron chi connectivity index (χ4n) is 2.62. The number of rotatable bonds is 5. The third-order valence-electron chi connectivity index (χ3n) is 4.45. The van der Waals surface area contributed by atoms with E-state index in [1.54, 1.807) is 0 Å². The van der Waals surface area contributed by atoms with E-state index in [-0.39, 0.29) is 0 Å². The zero-order chi connectivity index (χ0) is 14.5. The second-order valence-corrected chi connectivity index (χ2v) is 6.37. The molecule has 1 aliphatic heterocycles. The highest BCUT2D eigenvalue weighted by Gasteiger charge is 2.33. The first kappa shape index (κ1) is 15.6. The van der Waals surface area contributed by atoms with Gasteiger partial charge in [-0.25, -0.2) is 0 Å². The summed E-state index contributed by atoms with van der Waals surface area (Å²) in [4.78, 5) is 9.71. The highest BCUT2D eigenvalue weighted by atomic mass is 15.3. The number of hydrogen-bond acceptors (Lipinski definition) is 3. The lowest BCUT2D eigenvalue weighted by atomic mass is 10.2. The summed E-state index contributed by atoms with van der Waals surface area (Å²) in [5.74, 6) is 1.79. The molecule has 0 bridgehead atoms. The van der Waals surface area contributed by atoms with E-state index in [1.807, 2.05) is 0 Å². The third-order valence-corrected chi connectivity index (χ3v) is 4.45. The Morgan fingerprint density at radius 3 is 2.50 bits per heavy atom. The summed E-state index contributed by atoms with van der Waals surface area (Å²) in [5, 5.41) is 6.87. The molecule has 20 heavy (non-hydrogen) atoms. The first-order valence-electron chi connectivity index (χ1n) is 8.07. The molecule has 2 rings (SSSR count).